The quantitative estimate of drug-likeness (QED) is 0.928. The maximum Gasteiger partial charge on any atom is 0.276 e. The Labute approximate surface area is 127 Å². The van der Waals surface area contributed by atoms with Crippen LogP contribution in [0.15, 0.2) is 47.5 Å². The van der Waals surface area contributed by atoms with Gasteiger partial charge in [0.05, 0.1) is 9.92 Å². The number of aromatic nitrogens is 1. The Bertz CT molecular complexity index is 758. The first-order valence-corrected chi connectivity index (χ1v) is 7.74. The standard InChI is InChI=1S/C13H12ClN3O3S/c1-17(13(18)12-7-2-9(14)8-16-12)10-3-5-11(6-4-10)21(15,19)20/h2-8H,1H3,(H2,15,19,20). The van der Waals surface area contributed by atoms with E-state index in [9.17, 15) is 13.2 Å². The molecular weight excluding hydrogens is 314 g/mol. The van der Waals surface area contributed by atoms with Gasteiger partial charge in [-0.3, -0.25) is 4.79 Å². The van der Waals surface area contributed by atoms with Gasteiger partial charge in [-0.2, -0.15) is 0 Å². The van der Waals surface area contributed by atoms with Crippen LogP contribution >= 0.6 is 11.6 Å². The number of hydrogen-bond acceptors (Lipinski definition) is 4. The Morgan fingerprint density at radius 2 is 1.81 bits per heavy atom. The summed E-state index contributed by atoms with van der Waals surface area (Å²) in [5.41, 5.74) is 0.751. The van der Waals surface area contributed by atoms with Crippen LogP contribution in [0.25, 0.3) is 0 Å². The highest BCUT2D eigenvalue weighted by Crippen LogP contribution is 2.18. The Kier molecular flexibility index (Phi) is 4.26. The van der Waals surface area contributed by atoms with Gasteiger partial charge in [0.1, 0.15) is 5.69 Å². The fraction of sp³-hybridized carbons (Fsp3) is 0.0769. The Balaban J connectivity index is 2.25. The van der Waals surface area contributed by atoms with Gasteiger partial charge in [-0.25, -0.2) is 18.5 Å². The molecule has 1 aromatic carbocycles. The average Bonchev–Trinajstić information content (AvgIpc) is 2.46. The van der Waals surface area contributed by atoms with Gasteiger partial charge in [0.2, 0.25) is 10.0 Å². The maximum atomic E-state index is 12.2. The Hall–Kier alpha value is -1.96. The Morgan fingerprint density at radius 3 is 2.29 bits per heavy atom. The van der Waals surface area contributed by atoms with E-state index < -0.39 is 10.0 Å². The van der Waals surface area contributed by atoms with E-state index >= 15 is 0 Å². The zero-order chi connectivity index (χ0) is 15.6. The second kappa shape index (κ2) is 5.80. The summed E-state index contributed by atoms with van der Waals surface area (Å²) in [6.45, 7) is 0. The molecule has 1 amide bonds. The molecule has 2 rings (SSSR count). The normalized spacial score (nSPS) is 11.2. The number of anilines is 1. The van der Waals surface area contributed by atoms with Gasteiger partial charge in [-0.15, -0.1) is 0 Å². The van der Waals surface area contributed by atoms with Gasteiger partial charge >= 0.3 is 0 Å². The predicted molar refractivity (Wildman–Crippen MR) is 79.8 cm³/mol. The first-order valence-electron chi connectivity index (χ1n) is 5.81. The van der Waals surface area contributed by atoms with Crippen molar-refractivity contribution in [3.8, 4) is 0 Å². The molecule has 2 aromatic rings. The van der Waals surface area contributed by atoms with Gasteiger partial charge in [-0.05, 0) is 36.4 Å². The van der Waals surface area contributed by atoms with E-state index in [1.807, 2.05) is 0 Å². The predicted octanol–water partition coefficient (Wildman–Crippen LogP) is 1.66. The van der Waals surface area contributed by atoms with Crippen molar-refractivity contribution >= 4 is 33.2 Å². The molecule has 8 heteroatoms. The van der Waals surface area contributed by atoms with Crippen LogP contribution in [0, 0.1) is 0 Å². The summed E-state index contributed by atoms with van der Waals surface area (Å²) >= 11 is 5.72. The van der Waals surface area contributed by atoms with E-state index in [4.69, 9.17) is 16.7 Å². The molecule has 21 heavy (non-hydrogen) atoms. The largest absolute Gasteiger partial charge is 0.310 e. The number of nitrogens with two attached hydrogens (primary N) is 1. The fourth-order valence-electron chi connectivity index (χ4n) is 1.65. The Morgan fingerprint density at radius 1 is 1.19 bits per heavy atom. The number of benzene rings is 1. The van der Waals surface area contributed by atoms with Crippen molar-refractivity contribution in [1.82, 2.24) is 4.98 Å². The van der Waals surface area contributed by atoms with E-state index in [1.54, 1.807) is 13.1 Å². The lowest BCUT2D eigenvalue weighted by Gasteiger charge is -2.17. The van der Waals surface area contributed by atoms with Crippen molar-refractivity contribution in [1.29, 1.82) is 0 Å². The summed E-state index contributed by atoms with van der Waals surface area (Å²) in [6, 6.07) is 8.74. The van der Waals surface area contributed by atoms with Gasteiger partial charge in [-0.1, -0.05) is 11.6 Å². The van der Waals surface area contributed by atoms with Gasteiger partial charge < -0.3 is 4.90 Å². The van der Waals surface area contributed by atoms with Crippen molar-refractivity contribution in [3.63, 3.8) is 0 Å². The van der Waals surface area contributed by atoms with E-state index in [1.165, 1.54) is 41.4 Å². The van der Waals surface area contributed by atoms with Gasteiger partial charge in [0, 0.05) is 18.9 Å². The van der Waals surface area contributed by atoms with Crippen LogP contribution < -0.4 is 10.0 Å². The summed E-state index contributed by atoms with van der Waals surface area (Å²) in [4.78, 5) is 17.5. The molecule has 1 heterocycles. The number of halogens is 1. The lowest BCUT2D eigenvalue weighted by molar-refractivity contribution is 0.0988. The van der Waals surface area contributed by atoms with Gasteiger partial charge in [0.15, 0.2) is 0 Å². The summed E-state index contributed by atoms with van der Waals surface area (Å²) in [7, 11) is -2.19. The lowest BCUT2D eigenvalue weighted by Crippen LogP contribution is -2.27. The number of primary sulfonamides is 1. The second-order valence-corrected chi connectivity index (χ2v) is 6.26. The summed E-state index contributed by atoms with van der Waals surface area (Å²) in [5.74, 6) is -0.338. The summed E-state index contributed by atoms with van der Waals surface area (Å²) in [6.07, 6.45) is 1.38. The van der Waals surface area contributed by atoms with Gasteiger partial charge in [0.25, 0.3) is 5.91 Å². The maximum absolute atomic E-state index is 12.2. The van der Waals surface area contributed by atoms with E-state index in [2.05, 4.69) is 4.98 Å². The molecule has 0 atom stereocenters. The number of nitrogens with zero attached hydrogens (tertiary/aromatic N) is 2. The van der Waals surface area contributed by atoms with Crippen LogP contribution in [0.2, 0.25) is 5.02 Å². The van der Waals surface area contributed by atoms with Crippen LogP contribution in [0.1, 0.15) is 10.5 Å². The third-order valence-corrected chi connectivity index (χ3v) is 3.96. The molecule has 6 nitrogen and oxygen atoms in total. The van der Waals surface area contributed by atoms with Crippen molar-refractivity contribution in [2.75, 3.05) is 11.9 Å². The first kappa shape index (κ1) is 15.4. The fourth-order valence-corrected chi connectivity index (χ4v) is 2.28. The van der Waals surface area contributed by atoms with Crippen LogP contribution in [0.3, 0.4) is 0 Å². The highest BCUT2D eigenvalue weighted by Gasteiger charge is 2.15. The number of hydrogen-bond donors (Lipinski definition) is 1. The topological polar surface area (TPSA) is 93.4 Å². The second-order valence-electron chi connectivity index (χ2n) is 4.26. The molecule has 0 unspecified atom stereocenters. The van der Waals surface area contributed by atoms with E-state index in [0.29, 0.717) is 10.7 Å². The molecule has 0 bridgehead atoms. The third kappa shape index (κ3) is 3.57. The minimum Gasteiger partial charge on any atom is -0.310 e. The minimum atomic E-state index is -3.75. The number of amides is 1. The molecule has 0 aliphatic carbocycles. The molecule has 0 spiro atoms. The molecular formula is C13H12ClN3O3S. The van der Waals surface area contributed by atoms with Crippen molar-refractivity contribution in [3.05, 3.63) is 53.3 Å². The summed E-state index contributed by atoms with van der Waals surface area (Å²) < 4.78 is 22.4. The molecule has 0 aliphatic rings. The van der Waals surface area contributed by atoms with Crippen molar-refractivity contribution in [2.24, 2.45) is 5.14 Å². The van der Waals surface area contributed by atoms with Crippen molar-refractivity contribution in [2.45, 2.75) is 4.90 Å². The molecule has 0 saturated heterocycles. The number of carbonyl (C=O) groups excluding carboxylic acids is 1. The zero-order valence-corrected chi connectivity index (χ0v) is 12.6. The number of sulfonamides is 1. The van der Waals surface area contributed by atoms with Crippen LogP contribution in [-0.2, 0) is 10.0 Å². The molecule has 0 saturated carbocycles. The molecule has 2 N–H and O–H groups in total. The molecule has 0 radical (unpaired) electrons. The average molecular weight is 326 g/mol. The van der Waals surface area contributed by atoms with E-state index in [-0.39, 0.29) is 16.5 Å². The number of rotatable bonds is 3. The smallest absolute Gasteiger partial charge is 0.276 e. The van der Waals surface area contributed by atoms with Crippen molar-refractivity contribution < 1.29 is 13.2 Å². The zero-order valence-electron chi connectivity index (χ0n) is 11.0. The molecule has 0 aliphatic heterocycles. The number of pyridine rings is 1. The SMILES string of the molecule is CN(C(=O)c1ccc(Cl)cn1)c1ccc(S(N)(=O)=O)cc1. The minimum absolute atomic E-state index is 0.0169. The molecule has 0 fully saturated rings. The van der Waals surface area contributed by atoms with Crippen LogP contribution in [0.5, 0.6) is 0 Å². The lowest BCUT2D eigenvalue weighted by atomic mass is 10.2. The summed E-state index contributed by atoms with van der Waals surface area (Å²) in [5, 5.41) is 5.45. The monoisotopic (exact) mass is 325 g/mol. The highest BCUT2D eigenvalue weighted by molar-refractivity contribution is 7.89. The third-order valence-electron chi connectivity index (χ3n) is 2.80. The van der Waals surface area contributed by atoms with Crippen LogP contribution in [-0.4, -0.2) is 26.4 Å². The van der Waals surface area contributed by atoms with Crippen LogP contribution in [0.4, 0.5) is 5.69 Å². The first-order chi connectivity index (χ1) is 9.79. The highest BCUT2D eigenvalue weighted by atomic mass is 35.5. The van der Waals surface area contributed by atoms with E-state index in [0.717, 1.165) is 0 Å². The molecule has 110 valence electrons. The molecule has 1 aromatic heterocycles. The number of carbonyl (C=O) groups is 1.